The smallest absolute Gasteiger partial charge is 0.275 e. The van der Waals surface area contributed by atoms with Crippen LogP contribution in [0, 0.1) is 13.1 Å². The van der Waals surface area contributed by atoms with Crippen LogP contribution < -0.4 is 0 Å². The lowest BCUT2D eigenvalue weighted by atomic mass is 10.2. The Balaban J connectivity index is 2.31. The molecular formula is C9H7BrF3N4. The predicted molar refractivity (Wildman–Crippen MR) is 56.2 cm³/mol. The average molecular weight is 308 g/mol. The van der Waals surface area contributed by atoms with E-state index < -0.39 is 11.9 Å². The Bertz CT molecular complexity index is 529. The first kappa shape index (κ1) is 12.2. The summed E-state index contributed by atoms with van der Waals surface area (Å²) in [6, 6.07) is 1.72. The van der Waals surface area contributed by atoms with E-state index in [0.717, 1.165) is 0 Å². The van der Waals surface area contributed by atoms with Crippen LogP contribution in [0.25, 0.3) is 0 Å². The number of H-pyrrole nitrogens is 1. The zero-order chi connectivity index (χ0) is 12.6. The molecule has 1 N–H and O–H groups in total. The number of nitrogens with zero attached hydrogens (tertiary/aromatic N) is 3. The van der Waals surface area contributed by atoms with Crippen molar-refractivity contribution in [2.45, 2.75) is 19.6 Å². The van der Waals surface area contributed by atoms with E-state index >= 15 is 0 Å². The highest BCUT2D eigenvalue weighted by atomic mass is 79.9. The molecule has 0 saturated heterocycles. The lowest BCUT2D eigenvalue weighted by molar-refractivity contribution is -0.141. The van der Waals surface area contributed by atoms with E-state index in [9.17, 15) is 13.2 Å². The SMILES string of the molecule is Cc1cc(Br)n(Cc2[c][nH]nc2C(F)(F)F)n1. The third kappa shape index (κ3) is 2.51. The van der Waals surface area contributed by atoms with Gasteiger partial charge in [-0.25, -0.2) is 0 Å². The van der Waals surface area contributed by atoms with Crippen LogP contribution in [0.2, 0.25) is 0 Å². The van der Waals surface area contributed by atoms with Gasteiger partial charge in [0.1, 0.15) is 4.60 Å². The van der Waals surface area contributed by atoms with Gasteiger partial charge in [0, 0.05) is 5.56 Å². The molecule has 4 nitrogen and oxygen atoms in total. The third-order valence-electron chi connectivity index (χ3n) is 2.09. The minimum atomic E-state index is -4.49. The monoisotopic (exact) mass is 307 g/mol. The van der Waals surface area contributed by atoms with Crippen molar-refractivity contribution in [2.24, 2.45) is 0 Å². The van der Waals surface area contributed by atoms with Gasteiger partial charge in [-0.1, -0.05) is 0 Å². The summed E-state index contributed by atoms with van der Waals surface area (Å²) >= 11 is 3.21. The van der Waals surface area contributed by atoms with E-state index in [2.05, 4.69) is 37.4 Å². The summed E-state index contributed by atoms with van der Waals surface area (Å²) in [6.45, 7) is 1.71. The Morgan fingerprint density at radius 3 is 2.76 bits per heavy atom. The number of hydrogen-bond donors (Lipinski definition) is 1. The van der Waals surface area contributed by atoms with Gasteiger partial charge in [-0.05, 0) is 28.9 Å². The molecule has 17 heavy (non-hydrogen) atoms. The van der Waals surface area contributed by atoms with Crippen LogP contribution >= 0.6 is 15.9 Å². The fourth-order valence-electron chi connectivity index (χ4n) is 1.40. The normalized spacial score (nSPS) is 12.1. The fourth-order valence-corrected chi connectivity index (χ4v) is 1.94. The molecule has 0 aliphatic rings. The molecule has 2 heterocycles. The van der Waals surface area contributed by atoms with Crippen LogP contribution in [0.1, 0.15) is 17.0 Å². The maximum atomic E-state index is 12.5. The highest BCUT2D eigenvalue weighted by molar-refractivity contribution is 9.10. The van der Waals surface area contributed by atoms with Gasteiger partial charge < -0.3 is 0 Å². The number of aromatic nitrogens is 4. The van der Waals surface area contributed by atoms with E-state index in [1.54, 1.807) is 13.0 Å². The summed E-state index contributed by atoms with van der Waals surface area (Å²) in [4.78, 5) is 0. The van der Waals surface area contributed by atoms with Gasteiger partial charge in [0.2, 0.25) is 0 Å². The fraction of sp³-hybridized carbons (Fsp3) is 0.333. The summed E-state index contributed by atoms with van der Waals surface area (Å²) in [6.07, 6.45) is -2.13. The molecule has 0 aliphatic carbocycles. The zero-order valence-corrected chi connectivity index (χ0v) is 10.2. The number of halogens is 4. The number of hydrogen-bond acceptors (Lipinski definition) is 2. The number of nitrogens with one attached hydrogen (secondary N) is 1. The van der Waals surface area contributed by atoms with Crippen molar-refractivity contribution in [2.75, 3.05) is 0 Å². The molecule has 0 atom stereocenters. The second-order valence-electron chi connectivity index (χ2n) is 3.44. The summed E-state index contributed by atoms with van der Waals surface area (Å²) in [5, 5.41) is 9.31. The first-order valence-electron chi connectivity index (χ1n) is 4.60. The summed E-state index contributed by atoms with van der Waals surface area (Å²) in [5.41, 5.74) is -0.312. The Morgan fingerprint density at radius 2 is 2.24 bits per heavy atom. The van der Waals surface area contributed by atoms with Crippen molar-refractivity contribution < 1.29 is 13.2 Å². The molecule has 2 aromatic rings. The maximum Gasteiger partial charge on any atom is 0.435 e. The second kappa shape index (κ2) is 4.17. The Hall–Kier alpha value is -1.31. The maximum absolute atomic E-state index is 12.5. The average Bonchev–Trinajstić information content (AvgIpc) is 2.74. The van der Waals surface area contributed by atoms with Gasteiger partial charge in [0.15, 0.2) is 5.69 Å². The van der Waals surface area contributed by atoms with Gasteiger partial charge in [-0.2, -0.15) is 23.4 Å². The third-order valence-corrected chi connectivity index (χ3v) is 2.73. The van der Waals surface area contributed by atoms with Crippen LogP contribution in [0.3, 0.4) is 0 Å². The minimum Gasteiger partial charge on any atom is -0.275 e. The van der Waals surface area contributed by atoms with Gasteiger partial charge in [-0.3, -0.25) is 9.78 Å². The van der Waals surface area contributed by atoms with Crippen LogP contribution in [-0.4, -0.2) is 20.0 Å². The molecule has 0 fully saturated rings. The number of aromatic amines is 1. The molecule has 0 spiro atoms. The quantitative estimate of drug-likeness (QED) is 0.927. The molecule has 0 unspecified atom stereocenters. The summed E-state index contributed by atoms with van der Waals surface area (Å²) in [5.74, 6) is 0. The molecule has 0 saturated carbocycles. The molecule has 0 aromatic carbocycles. The van der Waals surface area contributed by atoms with Crippen LogP contribution in [0.5, 0.6) is 0 Å². The number of aryl methyl sites for hydroxylation is 1. The highest BCUT2D eigenvalue weighted by Gasteiger charge is 2.36. The van der Waals surface area contributed by atoms with Gasteiger partial charge in [0.25, 0.3) is 0 Å². The molecule has 2 aromatic heterocycles. The van der Waals surface area contributed by atoms with Crippen molar-refractivity contribution >= 4 is 15.9 Å². The summed E-state index contributed by atoms with van der Waals surface area (Å²) < 4.78 is 39.7. The van der Waals surface area contributed by atoms with E-state index in [1.165, 1.54) is 4.68 Å². The van der Waals surface area contributed by atoms with Crippen molar-refractivity contribution in [3.63, 3.8) is 0 Å². The lowest BCUT2D eigenvalue weighted by Crippen LogP contribution is -2.12. The van der Waals surface area contributed by atoms with E-state index in [4.69, 9.17) is 0 Å². The molecule has 0 amide bonds. The van der Waals surface area contributed by atoms with E-state index in [1.807, 2.05) is 0 Å². The van der Waals surface area contributed by atoms with Crippen LogP contribution in [-0.2, 0) is 12.7 Å². The van der Waals surface area contributed by atoms with Gasteiger partial charge >= 0.3 is 6.18 Å². The van der Waals surface area contributed by atoms with Crippen molar-refractivity contribution in [3.05, 3.63) is 33.8 Å². The first-order valence-corrected chi connectivity index (χ1v) is 5.39. The zero-order valence-electron chi connectivity index (χ0n) is 8.64. The first-order chi connectivity index (χ1) is 7.88. The molecular weight excluding hydrogens is 301 g/mol. The van der Waals surface area contributed by atoms with E-state index in [-0.39, 0.29) is 12.1 Å². The predicted octanol–water partition coefficient (Wildman–Crippen LogP) is 2.54. The molecule has 0 aliphatic heterocycles. The van der Waals surface area contributed by atoms with Crippen molar-refractivity contribution in [1.82, 2.24) is 20.0 Å². The number of alkyl halides is 3. The Morgan fingerprint density at radius 1 is 1.53 bits per heavy atom. The molecule has 0 bridgehead atoms. The summed E-state index contributed by atoms with van der Waals surface area (Å²) in [7, 11) is 0. The largest absolute Gasteiger partial charge is 0.435 e. The lowest BCUT2D eigenvalue weighted by Gasteiger charge is -2.06. The minimum absolute atomic E-state index is 0.0419. The van der Waals surface area contributed by atoms with Crippen LogP contribution in [0.4, 0.5) is 13.2 Å². The molecule has 91 valence electrons. The Kier molecular flexibility index (Phi) is 2.98. The van der Waals surface area contributed by atoms with Gasteiger partial charge in [0.05, 0.1) is 18.4 Å². The van der Waals surface area contributed by atoms with Crippen molar-refractivity contribution in [3.8, 4) is 0 Å². The van der Waals surface area contributed by atoms with Crippen molar-refractivity contribution in [1.29, 1.82) is 0 Å². The molecule has 1 radical (unpaired) electrons. The molecule has 8 heteroatoms. The van der Waals surface area contributed by atoms with Gasteiger partial charge in [-0.15, -0.1) is 0 Å². The number of rotatable bonds is 2. The van der Waals surface area contributed by atoms with E-state index in [0.29, 0.717) is 10.3 Å². The highest BCUT2D eigenvalue weighted by Crippen LogP contribution is 2.30. The Labute approximate surface area is 103 Å². The standard InChI is InChI=1S/C9H7BrF3N4/c1-5-2-7(10)17(16-5)4-6-3-14-15-8(6)9(11,12)13/h2H,4H2,1H3,(H,14,15). The topological polar surface area (TPSA) is 46.5 Å². The second-order valence-corrected chi connectivity index (χ2v) is 4.25. The molecule has 2 rings (SSSR count). The van der Waals surface area contributed by atoms with Crippen LogP contribution in [0.15, 0.2) is 10.7 Å².